The van der Waals surface area contributed by atoms with Gasteiger partial charge in [0.05, 0.1) is 13.2 Å². The average molecular weight is 295 g/mol. The van der Waals surface area contributed by atoms with Crippen LogP contribution in [0.15, 0.2) is 12.1 Å². The number of methoxy groups -OCH3 is 1. The fourth-order valence-electron chi connectivity index (χ4n) is 2.15. The van der Waals surface area contributed by atoms with Crippen molar-refractivity contribution in [3.05, 3.63) is 17.8 Å². The standard InChI is InChI=1S/C13H17N3O5/c1-20-13(19)10-2-3-11(15-14-10)16-6-4-9(5-7-16)21-8-12(17)18/h2-3,9H,4-8H2,1H3,(H,17,18). The zero-order valence-corrected chi connectivity index (χ0v) is 11.7. The van der Waals surface area contributed by atoms with Crippen LogP contribution in [0.4, 0.5) is 5.82 Å². The number of piperidine rings is 1. The third kappa shape index (κ3) is 4.12. The summed E-state index contributed by atoms with van der Waals surface area (Å²) < 4.78 is 9.83. The van der Waals surface area contributed by atoms with Gasteiger partial charge in [0, 0.05) is 13.1 Å². The SMILES string of the molecule is COC(=O)c1ccc(N2CCC(OCC(=O)O)CC2)nn1. The maximum absolute atomic E-state index is 11.3. The Morgan fingerprint density at radius 3 is 2.57 bits per heavy atom. The zero-order chi connectivity index (χ0) is 15.2. The Kier molecular flexibility index (Phi) is 5.04. The van der Waals surface area contributed by atoms with Crippen molar-refractivity contribution in [3.8, 4) is 0 Å². The van der Waals surface area contributed by atoms with Gasteiger partial charge in [0.2, 0.25) is 0 Å². The maximum Gasteiger partial charge on any atom is 0.358 e. The van der Waals surface area contributed by atoms with Crippen molar-refractivity contribution in [1.29, 1.82) is 0 Å². The maximum atomic E-state index is 11.3. The number of rotatable bonds is 5. The Balaban J connectivity index is 1.87. The Morgan fingerprint density at radius 1 is 1.33 bits per heavy atom. The van der Waals surface area contributed by atoms with E-state index in [1.54, 1.807) is 12.1 Å². The van der Waals surface area contributed by atoms with Gasteiger partial charge in [0.25, 0.3) is 0 Å². The summed E-state index contributed by atoms with van der Waals surface area (Å²) >= 11 is 0. The molecule has 8 heteroatoms. The van der Waals surface area contributed by atoms with Gasteiger partial charge in [-0.2, -0.15) is 0 Å². The Morgan fingerprint density at radius 2 is 2.05 bits per heavy atom. The first-order valence-corrected chi connectivity index (χ1v) is 6.60. The number of esters is 1. The first-order chi connectivity index (χ1) is 10.1. The Hall–Kier alpha value is -2.22. The predicted molar refractivity (Wildman–Crippen MR) is 72.2 cm³/mol. The van der Waals surface area contributed by atoms with Crippen LogP contribution in [0.3, 0.4) is 0 Å². The van der Waals surface area contributed by atoms with Crippen LogP contribution in [0.1, 0.15) is 23.3 Å². The Labute approximate surface area is 121 Å². The van der Waals surface area contributed by atoms with Gasteiger partial charge in [-0.3, -0.25) is 0 Å². The third-order valence-corrected chi connectivity index (χ3v) is 3.25. The van der Waals surface area contributed by atoms with E-state index < -0.39 is 11.9 Å². The number of hydrogen-bond acceptors (Lipinski definition) is 7. The molecule has 1 N–H and O–H groups in total. The number of carboxylic acid groups (broad SMARTS) is 1. The minimum atomic E-state index is -0.957. The van der Waals surface area contributed by atoms with Crippen LogP contribution >= 0.6 is 0 Å². The molecule has 21 heavy (non-hydrogen) atoms. The summed E-state index contributed by atoms with van der Waals surface area (Å²) in [5, 5.41) is 16.4. The Bertz CT molecular complexity index is 497. The van der Waals surface area contributed by atoms with Crippen molar-refractivity contribution in [3.63, 3.8) is 0 Å². The molecule has 8 nitrogen and oxygen atoms in total. The van der Waals surface area contributed by atoms with Gasteiger partial charge < -0.3 is 19.5 Å². The molecule has 0 aromatic carbocycles. The molecule has 0 amide bonds. The molecule has 0 spiro atoms. The highest BCUT2D eigenvalue weighted by molar-refractivity contribution is 5.86. The fraction of sp³-hybridized carbons (Fsp3) is 0.538. The number of aliphatic carboxylic acids is 1. The zero-order valence-electron chi connectivity index (χ0n) is 11.7. The van der Waals surface area contributed by atoms with Crippen molar-refractivity contribution in [2.45, 2.75) is 18.9 Å². The van der Waals surface area contributed by atoms with Gasteiger partial charge in [-0.1, -0.05) is 0 Å². The molecule has 2 heterocycles. The number of hydrogen-bond donors (Lipinski definition) is 1. The fourth-order valence-corrected chi connectivity index (χ4v) is 2.15. The first-order valence-electron chi connectivity index (χ1n) is 6.60. The minimum absolute atomic E-state index is 0.0420. The topological polar surface area (TPSA) is 102 Å². The minimum Gasteiger partial charge on any atom is -0.480 e. The second kappa shape index (κ2) is 6.98. The summed E-state index contributed by atoms with van der Waals surface area (Å²) in [6, 6.07) is 3.29. The van der Waals surface area contributed by atoms with Crippen LogP contribution in [0.2, 0.25) is 0 Å². The van der Waals surface area contributed by atoms with Crippen LogP contribution in [0.25, 0.3) is 0 Å². The van der Waals surface area contributed by atoms with Crippen molar-refractivity contribution >= 4 is 17.8 Å². The summed E-state index contributed by atoms with van der Waals surface area (Å²) in [5.74, 6) is -0.795. The van der Waals surface area contributed by atoms with E-state index >= 15 is 0 Å². The molecule has 2 rings (SSSR count). The van der Waals surface area contributed by atoms with E-state index in [2.05, 4.69) is 14.9 Å². The molecule has 0 saturated carbocycles. The number of ether oxygens (including phenoxy) is 2. The van der Waals surface area contributed by atoms with E-state index in [0.29, 0.717) is 18.9 Å². The molecule has 0 bridgehead atoms. The summed E-state index contributed by atoms with van der Waals surface area (Å²) in [6.07, 6.45) is 1.42. The van der Waals surface area contributed by atoms with E-state index in [4.69, 9.17) is 9.84 Å². The van der Waals surface area contributed by atoms with Gasteiger partial charge >= 0.3 is 11.9 Å². The summed E-state index contributed by atoms with van der Waals surface area (Å²) in [4.78, 5) is 23.7. The second-order valence-electron chi connectivity index (χ2n) is 4.66. The van der Waals surface area contributed by atoms with Crippen molar-refractivity contribution in [2.24, 2.45) is 0 Å². The number of carboxylic acids is 1. The molecular weight excluding hydrogens is 278 g/mol. The quantitative estimate of drug-likeness (QED) is 0.775. The molecule has 1 aliphatic heterocycles. The normalized spacial score (nSPS) is 15.8. The van der Waals surface area contributed by atoms with Crippen LogP contribution in [-0.4, -0.2) is 60.2 Å². The van der Waals surface area contributed by atoms with Gasteiger partial charge in [-0.05, 0) is 25.0 Å². The third-order valence-electron chi connectivity index (χ3n) is 3.25. The molecule has 1 aliphatic rings. The van der Waals surface area contributed by atoms with Crippen LogP contribution in [-0.2, 0) is 14.3 Å². The summed E-state index contributed by atoms with van der Waals surface area (Å²) in [6.45, 7) is 1.14. The van der Waals surface area contributed by atoms with Gasteiger partial charge in [0.15, 0.2) is 11.5 Å². The number of nitrogens with zero attached hydrogens (tertiary/aromatic N) is 3. The van der Waals surface area contributed by atoms with E-state index in [1.165, 1.54) is 7.11 Å². The lowest BCUT2D eigenvalue weighted by atomic mass is 10.1. The number of aromatic nitrogens is 2. The molecule has 114 valence electrons. The van der Waals surface area contributed by atoms with Crippen LogP contribution in [0, 0.1) is 0 Å². The highest BCUT2D eigenvalue weighted by Crippen LogP contribution is 2.19. The molecule has 1 fully saturated rings. The molecular formula is C13H17N3O5. The molecule has 0 atom stereocenters. The predicted octanol–water partition coefficient (Wildman–Crippen LogP) is 0.333. The lowest BCUT2D eigenvalue weighted by Gasteiger charge is -2.32. The molecule has 1 aromatic rings. The number of anilines is 1. The highest BCUT2D eigenvalue weighted by Gasteiger charge is 2.22. The molecule has 0 radical (unpaired) electrons. The van der Waals surface area contributed by atoms with Gasteiger partial charge in [-0.15, -0.1) is 10.2 Å². The van der Waals surface area contributed by atoms with E-state index in [-0.39, 0.29) is 18.4 Å². The average Bonchev–Trinajstić information content (AvgIpc) is 2.53. The van der Waals surface area contributed by atoms with E-state index in [9.17, 15) is 9.59 Å². The van der Waals surface area contributed by atoms with Crippen molar-refractivity contribution < 1.29 is 24.2 Å². The molecule has 1 saturated heterocycles. The summed E-state index contributed by atoms with van der Waals surface area (Å²) in [5.41, 5.74) is 0.168. The lowest BCUT2D eigenvalue weighted by molar-refractivity contribution is -0.144. The smallest absolute Gasteiger partial charge is 0.358 e. The van der Waals surface area contributed by atoms with E-state index in [1.807, 2.05) is 4.90 Å². The van der Waals surface area contributed by atoms with Gasteiger partial charge in [-0.25, -0.2) is 9.59 Å². The van der Waals surface area contributed by atoms with Crippen molar-refractivity contribution in [1.82, 2.24) is 10.2 Å². The lowest BCUT2D eigenvalue weighted by Crippen LogP contribution is -2.38. The summed E-state index contributed by atoms with van der Waals surface area (Å²) in [7, 11) is 1.29. The van der Waals surface area contributed by atoms with Crippen molar-refractivity contribution in [2.75, 3.05) is 31.7 Å². The van der Waals surface area contributed by atoms with Crippen LogP contribution in [0.5, 0.6) is 0 Å². The number of carbonyl (C=O) groups is 2. The molecule has 0 unspecified atom stereocenters. The first kappa shape index (κ1) is 15.2. The highest BCUT2D eigenvalue weighted by atomic mass is 16.5. The molecule has 0 aliphatic carbocycles. The number of carbonyl (C=O) groups excluding carboxylic acids is 1. The van der Waals surface area contributed by atoms with Gasteiger partial charge in [0.1, 0.15) is 6.61 Å². The van der Waals surface area contributed by atoms with Crippen LogP contribution < -0.4 is 4.90 Å². The largest absolute Gasteiger partial charge is 0.480 e. The second-order valence-corrected chi connectivity index (χ2v) is 4.66. The monoisotopic (exact) mass is 295 g/mol. The molecule has 1 aromatic heterocycles. The van der Waals surface area contributed by atoms with E-state index in [0.717, 1.165) is 12.8 Å².